The molecule has 112 valence electrons. The van der Waals surface area contributed by atoms with Gasteiger partial charge in [-0.15, -0.1) is 0 Å². The Morgan fingerprint density at radius 3 is 2.24 bits per heavy atom. The normalized spacial score (nSPS) is 12.0. The fourth-order valence-electron chi connectivity index (χ4n) is 2.23. The predicted molar refractivity (Wildman–Crippen MR) is 86.0 cm³/mol. The van der Waals surface area contributed by atoms with E-state index in [0.717, 1.165) is 18.0 Å². The summed E-state index contributed by atoms with van der Waals surface area (Å²) in [7, 11) is 3.30. The summed E-state index contributed by atoms with van der Waals surface area (Å²) in [6, 6.07) is 14.9. The minimum atomic E-state index is 0.304. The number of benzene rings is 2. The van der Waals surface area contributed by atoms with Gasteiger partial charge in [0.2, 0.25) is 0 Å². The number of methoxy groups -OCH3 is 2. The summed E-state index contributed by atoms with van der Waals surface area (Å²) < 4.78 is 10.6. The SMILES string of the molecule is COc1ccc(CN[C@H](C)c2ccc(C)cc2)cc1OC. The summed E-state index contributed by atoms with van der Waals surface area (Å²) in [4.78, 5) is 0. The molecule has 0 amide bonds. The minimum absolute atomic E-state index is 0.304. The molecule has 21 heavy (non-hydrogen) atoms. The molecule has 0 fully saturated rings. The number of aryl methyl sites for hydroxylation is 1. The van der Waals surface area contributed by atoms with Crippen molar-refractivity contribution in [3.8, 4) is 11.5 Å². The maximum atomic E-state index is 5.33. The molecule has 0 heterocycles. The lowest BCUT2D eigenvalue weighted by Gasteiger charge is -2.15. The van der Waals surface area contributed by atoms with Gasteiger partial charge in [0.15, 0.2) is 11.5 Å². The lowest BCUT2D eigenvalue weighted by molar-refractivity contribution is 0.354. The van der Waals surface area contributed by atoms with Crippen LogP contribution in [0.4, 0.5) is 0 Å². The van der Waals surface area contributed by atoms with Crippen LogP contribution >= 0.6 is 0 Å². The highest BCUT2D eigenvalue weighted by molar-refractivity contribution is 5.42. The van der Waals surface area contributed by atoms with Gasteiger partial charge in [-0.05, 0) is 37.1 Å². The maximum Gasteiger partial charge on any atom is 0.161 e. The van der Waals surface area contributed by atoms with Crippen LogP contribution in [-0.4, -0.2) is 14.2 Å². The van der Waals surface area contributed by atoms with Crippen LogP contribution < -0.4 is 14.8 Å². The van der Waals surface area contributed by atoms with Crippen molar-refractivity contribution in [3.05, 3.63) is 59.2 Å². The van der Waals surface area contributed by atoms with E-state index in [9.17, 15) is 0 Å². The number of rotatable bonds is 6. The fraction of sp³-hybridized carbons (Fsp3) is 0.333. The Morgan fingerprint density at radius 2 is 1.62 bits per heavy atom. The summed E-state index contributed by atoms with van der Waals surface area (Å²) >= 11 is 0. The number of hydrogen-bond donors (Lipinski definition) is 1. The van der Waals surface area contributed by atoms with Crippen LogP contribution in [0.3, 0.4) is 0 Å². The van der Waals surface area contributed by atoms with Gasteiger partial charge >= 0.3 is 0 Å². The summed E-state index contributed by atoms with van der Waals surface area (Å²) in [5, 5.41) is 3.53. The van der Waals surface area contributed by atoms with Gasteiger partial charge in [-0.3, -0.25) is 0 Å². The molecule has 2 rings (SSSR count). The maximum absolute atomic E-state index is 5.33. The minimum Gasteiger partial charge on any atom is -0.493 e. The molecular formula is C18H23NO2. The zero-order valence-corrected chi connectivity index (χ0v) is 13.1. The summed E-state index contributed by atoms with van der Waals surface area (Å²) in [6.45, 7) is 5.06. The van der Waals surface area contributed by atoms with Gasteiger partial charge in [0.1, 0.15) is 0 Å². The second-order valence-electron chi connectivity index (χ2n) is 5.20. The molecular weight excluding hydrogens is 262 g/mol. The van der Waals surface area contributed by atoms with E-state index in [1.165, 1.54) is 16.7 Å². The Balaban J connectivity index is 2.00. The van der Waals surface area contributed by atoms with E-state index in [0.29, 0.717) is 6.04 Å². The van der Waals surface area contributed by atoms with Gasteiger partial charge in [-0.1, -0.05) is 35.9 Å². The fourth-order valence-corrected chi connectivity index (χ4v) is 2.23. The number of ether oxygens (including phenoxy) is 2. The molecule has 0 aromatic heterocycles. The largest absolute Gasteiger partial charge is 0.493 e. The quantitative estimate of drug-likeness (QED) is 0.874. The van der Waals surface area contributed by atoms with Crippen molar-refractivity contribution < 1.29 is 9.47 Å². The van der Waals surface area contributed by atoms with Gasteiger partial charge in [0, 0.05) is 12.6 Å². The lowest BCUT2D eigenvalue weighted by atomic mass is 10.1. The Morgan fingerprint density at radius 1 is 0.952 bits per heavy atom. The third-order valence-electron chi connectivity index (χ3n) is 3.64. The predicted octanol–water partition coefficient (Wildman–Crippen LogP) is 3.86. The molecule has 0 spiro atoms. The lowest BCUT2D eigenvalue weighted by Crippen LogP contribution is -2.18. The molecule has 1 N–H and O–H groups in total. The first-order valence-corrected chi connectivity index (χ1v) is 7.15. The molecule has 3 heteroatoms. The van der Waals surface area contributed by atoms with Crippen molar-refractivity contribution in [2.75, 3.05) is 14.2 Å². The van der Waals surface area contributed by atoms with E-state index in [1.54, 1.807) is 14.2 Å². The van der Waals surface area contributed by atoms with E-state index in [2.05, 4.69) is 49.5 Å². The first-order chi connectivity index (χ1) is 10.1. The van der Waals surface area contributed by atoms with Crippen molar-refractivity contribution in [3.63, 3.8) is 0 Å². The zero-order chi connectivity index (χ0) is 15.2. The van der Waals surface area contributed by atoms with Crippen molar-refractivity contribution in [1.82, 2.24) is 5.32 Å². The molecule has 0 bridgehead atoms. The second-order valence-corrected chi connectivity index (χ2v) is 5.20. The first kappa shape index (κ1) is 15.4. The van der Waals surface area contributed by atoms with Crippen molar-refractivity contribution in [2.24, 2.45) is 0 Å². The van der Waals surface area contributed by atoms with Crippen LogP contribution in [0.1, 0.15) is 29.7 Å². The van der Waals surface area contributed by atoms with Gasteiger partial charge in [-0.25, -0.2) is 0 Å². The van der Waals surface area contributed by atoms with Crippen LogP contribution in [0, 0.1) is 6.92 Å². The Hall–Kier alpha value is -2.00. The second kappa shape index (κ2) is 7.14. The van der Waals surface area contributed by atoms with E-state index in [-0.39, 0.29) is 0 Å². The Labute approximate surface area is 126 Å². The van der Waals surface area contributed by atoms with Crippen LogP contribution in [0.15, 0.2) is 42.5 Å². The van der Waals surface area contributed by atoms with E-state index in [4.69, 9.17) is 9.47 Å². The summed E-state index contributed by atoms with van der Waals surface area (Å²) in [5.74, 6) is 1.52. The number of nitrogens with one attached hydrogen (secondary N) is 1. The highest BCUT2D eigenvalue weighted by Crippen LogP contribution is 2.27. The highest BCUT2D eigenvalue weighted by Gasteiger charge is 2.07. The number of hydrogen-bond acceptors (Lipinski definition) is 3. The van der Waals surface area contributed by atoms with Crippen LogP contribution in [-0.2, 0) is 6.54 Å². The third kappa shape index (κ3) is 3.99. The molecule has 1 atom stereocenters. The molecule has 0 unspecified atom stereocenters. The van der Waals surface area contributed by atoms with Gasteiger partial charge in [0.05, 0.1) is 14.2 Å². The van der Waals surface area contributed by atoms with Gasteiger partial charge in [-0.2, -0.15) is 0 Å². The van der Waals surface area contributed by atoms with Crippen molar-refractivity contribution in [1.29, 1.82) is 0 Å². The molecule has 0 aliphatic heterocycles. The topological polar surface area (TPSA) is 30.5 Å². The zero-order valence-electron chi connectivity index (χ0n) is 13.1. The smallest absolute Gasteiger partial charge is 0.161 e. The monoisotopic (exact) mass is 285 g/mol. The third-order valence-corrected chi connectivity index (χ3v) is 3.64. The first-order valence-electron chi connectivity index (χ1n) is 7.15. The molecule has 0 aliphatic rings. The van der Waals surface area contributed by atoms with Gasteiger partial charge < -0.3 is 14.8 Å². The van der Waals surface area contributed by atoms with E-state index >= 15 is 0 Å². The molecule has 0 saturated carbocycles. The Bertz CT molecular complexity index is 578. The van der Waals surface area contributed by atoms with Crippen LogP contribution in [0.25, 0.3) is 0 Å². The van der Waals surface area contributed by atoms with Crippen molar-refractivity contribution in [2.45, 2.75) is 26.4 Å². The molecule has 0 aliphatic carbocycles. The van der Waals surface area contributed by atoms with Crippen molar-refractivity contribution >= 4 is 0 Å². The van der Waals surface area contributed by atoms with Gasteiger partial charge in [0.25, 0.3) is 0 Å². The summed E-state index contributed by atoms with van der Waals surface area (Å²) in [6.07, 6.45) is 0. The molecule has 2 aromatic carbocycles. The average molecular weight is 285 g/mol. The van der Waals surface area contributed by atoms with E-state index in [1.807, 2.05) is 12.1 Å². The highest BCUT2D eigenvalue weighted by atomic mass is 16.5. The molecule has 3 nitrogen and oxygen atoms in total. The van der Waals surface area contributed by atoms with Crippen LogP contribution in [0.2, 0.25) is 0 Å². The average Bonchev–Trinajstić information content (AvgIpc) is 2.52. The molecule has 2 aromatic rings. The Kier molecular flexibility index (Phi) is 5.23. The standard InChI is InChI=1S/C18H23NO2/c1-13-5-8-16(9-6-13)14(2)19-12-15-7-10-17(20-3)18(11-15)21-4/h5-11,14,19H,12H2,1-4H3/t14-/m1/s1. The molecule has 0 radical (unpaired) electrons. The summed E-state index contributed by atoms with van der Waals surface area (Å²) in [5.41, 5.74) is 3.75. The van der Waals surface area contributed by atoms with Crippen LogP contribution in [0.5, 0.6) is 11.5 Å². The molecule has 0 saturated heterocycles. The van der Waals surface area contributed by atoms with E-state index < -0.39 is 0 Å².